The molecule has 0 aromatic heterocycles. The third-order valence-electron chi connectivity index (χ3n) is 3.35. The first-order valence-corrected chi connectivity index (χ1v) is 7.44. The summed E-state index contributed by atoms with van der Waals surface area (Å²) in [5.74, 6) is -0.510. The lowest BCUT2D eigenvalue weighted by molar-refractivity contribution is -0.545. The minimum absolute atomic E-state index is 0.326. The maximum absolute atomic E-state index is 11.2. The average molecular weight is 286 g/mol. The van der Waals surface area contributed by atoms with Crippen LogP contribution in [0, 0.1) is 26.1 Å². The van der Waals surface area contributed by atoms with Crippen LogP contribution in [0.15, 0.2) is 12.2 Å². The zero-order valence-electron chi connectivity index (χ0n) is 12.5. The van der Waals surface area contributed by atoms with Crippen LogP contribution in [0.2, 0.25) is 0 Å². The number of hydrogen-bond acceptors (Lipinski definition) is 4. The Kier molecular flexibility index (Phi) is 10.5. The van der Waals surface area contributed by atoms with Gasteiger partial charge in [-0.2, -0.15) is 0 Å². The van der Waals surface area contributed by atoms with Gasteiger partial charge in [0.05, 0.1) is 5.92 Å². The molecule has 0 aromatic rings. The Morgan fingerprint density at radius 3 is 2.20 bits per heavy atom. The quantitative estimate of drug-likeness (QED) is 0.236. The third-order valence-corrected chi connectivity index (χ3v) is 3.35. The second-order valence-electron chi connectivity index (χ2n) is 5.12. The molecule has 2 atom stereocenters. The van der Waals surface area contributed by atoms with Gasteiger partial charge in [-0.15, -0.1) is 0 Å². The maximum atomic E-state index is 11.2. The summed E-state index contributed by atoms with van der Waals surface area (Å²) in [6, 6.07) is -0.936. The minimum Gasteiger partial charge on any atom is -0.265 e. The van der Waals surface area contributed by atoms with Crippen molar-refractivity contribution in [3.8, 4) is 0 Å². The molecule has 0 radical (unpaired) electrons. The first-order valence-electron chi connectivity index (χ1n) is 7.44. The molecule has 116 valence electrons. The van der Waals surface area contributed by atoms with Gasteiger partial charge >= 0.3 is 0 Å². The van der Waals surface area contributed by atoms with Crippen LogP contribution >= 0.6 is 0 Å². The molecule has 0 saturated heterocycles. The van der Waals surface area contributed by atoms with Gasteiger partial charge in [0.25, 0.3) is 0 Å². The van der Waals surface area contributed by atoms with E-state index in [-0.39, 0.29) is 11.5 Å². The highest BCUT2D eigenvalue weighted by Gasteiger charge is 2.32. The van der Waals surface area contributed by atoms with E-state index in [9.17, 15) is 20.2 Å². The van der Waals surface area contributed by atoms with E-state index in [4.69, 9.17) is 0 Å². The maximum Gasteiger partial charge on any atom is 0.240 e. The molecule has 0 aliphatic rings. The molecule has 0 fully saturated rings. The van der Waals surface area contributed by atoms with Crippen LogP contribution in [0.25, 0.3) is 0 Å². The zero-order valence-corrected chi connectivity index (χ0v) is 12.5. The Labute approximate surface area is 120 Å². The van der Waals surface area contributed by atoms with Crippen LogP contribution in [-0.2, 0) is 0 Å². The fourth-order valence-corrected chi connectivity index (χ4v) is 2.18. The molecule has 0 saturated carbocycles. The number of unbranched alkanes of at least 4 members (excludes halogenated alkanes) is 4. The Morgan fingerprint density at radius 2 is 1.70 bits per heavy atom. The van der Waals surface area contributed by atoms with Crippen LogP contribution in [0.4, 0.5) is 0 Å². The van der Waals surface area contributed by atoms with Crippen LogP contribution in [0.1, 0.15) is 58.8 Å². The van der Waals surface area contributed by atoms with Crippen molar-refractivity contribution in [3.63, 3.8) is 0 Å². The van der Waals surface area contributed by atoms with E-state index in [0.717, 1.165) is 38.5 Å². The van der Waals surface area contributed by atoms with Crippen molar-refractivity contribution in [1.29, 1.82) is 0 Å². The largest absolute Gasteiger partial charge is 0.265 e. The van der Waals surface area contributed by atoms with Crippen molar-refractivity contribution in [1.82, 2.24) is 0 Å². The van der Waals surface area contributed by atoms with E-state index in [2.05, 4.69) is 6.92 Å². The van der Waals surface area contributed by atoms with Crippen LogP contribution in [0.3, 0.4) is 0 Å². The van der Waals surface area contributed by atoms with E-state index >= 15 is 0 Å². The standard InChI is InChI=1S/C14H26N2O4/c1-3-5-7-9-11-14(16(19)20)13(12-15(17)18)10-8-6-4-2/h9,11,13-14H,3-8,10,12H2,1-2H3/b11-9+. The lowest BCUT2D eigenvalue weighted by atomic mass is 9.93. The number of hydrogen-bond donors (Lipinski definition) is 0. The Bertz CT molecular complexity index is 318. The smallest absolute Gasteiger partial charge is 0.240 e. The van der Waals surface area contributed by atoms with Crippen LogP contribution < -0.4 is 0 Å². The molecule has 0 spiro atoms. The summed E-state index contributed by atoms with van der Waals surface area (Å²) < 4.78 is 0. The van der Waals surface area contributed by atoms with Gasteiger partial charge < -0.3 is 0 Å². The average Bonchev–Trinajstić information content (AvgIpc) is 2.37. The highest BCUT2D eigenvalue weighted by atomic mass is 16.6. The van der Waals surface area contributed by atoms with Crippen molar-refractivity contribution in [2.75, 3.05) is 6.54 Å². The molecule has 0 heterocycles. The summed E-state index contributed by atoms with van der Waals surface area (Å²) in [5.41, 5.74) is 0. The van der Waals surface area contributed by atoms with Crippen molar-refractivity contribution < 1.29 is 9.85 Å². The van der Waals surface area contributed by atoms with Crippen molar-refractivity contribution in [2.45, 2.75) is 64.8 Å². The highest BCUT2D eigenvalue weighted by Crippen LogP contribution is 2.18. The van der Waals surface area contributed by atoms with Crippen LogP contribution in [0.5, 0.6) is 0 Å². The molecule has 0 amide bonds. The topological polar surface area (TPSA) is 86.3 Å². The van der Waals surface area contributed by atoms with E-state index < -0.39 is 16.9 Å². The zero-order chi connectivity index (χ0) is 15.4. The number of allylic oxidation sites excluding steroid dienone is 1. The summed E-state index contributed by atoms with van der Waals surface area (Å²) >= 11 is 0. The summed E-state index contributed by atoms with van der Waals surface area (Å²) in [5, 5.41) is 21.9. The normalized spacial score (nSPS) is 14.3. The van der Waals surface area contributed by atoms with E-state index in [0.29, 0.717) is 6.42 Å². The van der Waals surface area contributed by atoms with Crippen LogP contribution in [-0.4, -0.2) is 22.4 Å². The summed E-state index contributed by atoms with van der Waals surface area (Å²) in [6.45, 7) is 3.77. The van der Waals surface area contributed by atoms with E-state index in [1.165, 1.54) is 0 Å². The fraction of sp³-hybridized carbons (Fsp3) is 0.857. The molecule has 6 heteroatoms. The van der Waals surface area contributed by atoms with E-state index in [1.807, 2.05) is 6.92 Å². The van der Waals surface area contributed by atoms with Gasteiger partial charge in [0.1, 0.15) is 0 Å². The molecule has 0 aliphatic heterocycles. The Hall–Kier alpha value is -1.46. The highest BCUT2D eigenvalue weighted by molar-refractivity contribution is 4.92. The molecular weight excluding hydrogens is 260 g/mol. The molecule has 0 aliphatic carbocycles. The van der Waals surface area contributed by atoms with Crippen molar-refractivity contribution in [2.24, 2.45) is 5.92 Å². The van der Waals surface area contributed by atoms with Crippen molar-refractivity contribution >= 4 is 0 Å². The lowest BCUT2D eigenvalue weighted by Gasteiger charge is -2.15. The molecule has 0 aromatic carbocycles. The third kappa shape index (κ3) is 8.61. The lowest BCUT2D eigenvalue weighted by Crippen LogP contribution is -2.32. The summed E-state index contributed by atoms with van der Waals surface area (Å²) in [4.78, 5) is 21.0. The van der Waals surface area contributed by atoms with Gasteiger partial charge in [-0.25, -0.2) is 0 Å². The number of nitrogens with zero attached hydrogens (tertiary/aromatic N) is 2. The Morgan fingerprint density at radius 1 is 1.05 bits per heavy atom. The first-order chi connectivity index (χ1) is 9.52. The predicted molar refractivity (Wildman–Crippen MR) is 78.9 cm³/mol. The predicted octanol–water partition coefficient (Wildman–Crippen LogP) is 3.85. The van der Waals surface area contributed by atoms with Gasteiger partial charge in [0.2, 0.25) is 12.6 Å². The van der Waals surface area contributed by atoms with Crippen molar-refractivity contribution in [3.05, 3.63) is 32.4 Å². The minimum atomic E-state index is -0.936. The number of rotatable bonds is 12. The van der Waals surface area contributed by atoms with Gasteiger partial charge in [0.15, 0.2) is 0 Å². The monoisotopic (exact) mass is 286 g/mol. The molecule has 20 heavy (non-hydrogen) atoms. The molecular formula is C14H26N2O4. The SMILES string of the molecule is CCCC/C=C/C(C(CCCCC)C[N+](=O)[O-])[N+](=O)[O-]. The Balaban J connectivity index is 4.67. The second-order valence-corrected chi connectivity index (χ2v) is 5.12. The first kappa shape index (κ1) is 18.5. The molecule has 0 N–H and O–H groups in total. The van der Waals surface area contributed by atoms with Gasteiger partial charge in [-0.05, 0) is 18.9 Å². The van der Waals surface area contributed by atoms with Gasteiger partial charge in [-0.1, -0.05) is 52.0 Å². The fourth-order valence-electron chi connectivity index (χ4n) is 2.18. The molecule has 2 unspecified atom stereocenters. The van der Waals surface area contributed by atoms with Gasteiger partial charge in [-0.3, -0.25) is 20.2 Å². The molecule has 6 nitrogen and oxygen atoms in total. The van der Waals surface area contributed by atoms with E-state index in [1.54, 1.807) is 12.2 Å². The summed E-state index contributed by atoms with van der Waals surface area (Å²) in [6.07, 6.45) is 9.46. The molecule has 0 bridgehead atoms. The number of nitro groups is 2. The summed E-state index contributed by atoms with van der Waals surface area (Å²) in [7, 11) is 0. The van der Waals surface area contributed by atoms with Gasteiger partial charge in [0, 0.05) is 9.85 Å². The second kappa shape index (κ2) is 11.4. The molecule has 0 rings (SSSR count).